The standard InChI is InChI=1S/C32H33NO2/c1-23(2)31(32(34)35-24(3)4)33(29-19-11-17-27(21-29)25-13-7-5-8-14-25)30-20-12-18-28(22-30)26-15-9-6-10-16-26/h5-24,31H,1-4H3. The maximum absolute atomic E-state index is 13.4. The second kappa shape index (κ2) is 11.1. The number of hydrogen-bond donors (Lipinski definition) is 0. The lowest BCUT2D eigenvalue weighted by molar-refractivity contribution is -0.149. The maximum atomic E-state index is 13.4. The third-order valence-electron chi connectivity index (χ3n) is 5.97. The van der Waals surface area contributed by atoms with Gasteiger partial charge in [-0.15, -0.1) is 0 Å². The molecular weight excluding hydrogens is 430 g/mol. The lowest BCUT2D eigenvalue weighted by Crippen LogP contribution is -2.44. The molecule has 4 aromatic carbocycles. The van der Waals surface area contributed by atoms with Crippen molar-refractivity contribution in [2.75, 3.05) is 4.90 Å². The number of ether oxygens (including phenoxy) is 1. The zero-order valence-electron chi connectivity index (χ0n) is 20.9. The summed E-state index contributed by atoms with van der Waals surface area (Å²) in [6.45, 7) is 7.93. The van der Waals surface area contributed by atoms with Gasteiger partial charge < -0.3 is 9.64 Å². The summed E-state index contributed by atoms with van der Waals surface area (Å²) in [7, 11) is 0. The molecule has 0 bridgehead atoms. The minimum Gasteiger partial charge on any atom is -0.461 e. The molecule has 35 heavy (non-hydrogen) atoms. The summed E-state index contributed by atoms with van der Waals surface area (Å²) in [6.07, 6.45) is -0.183. The molecule has 0 N–H and O–H groups in total. The number of anilines is 2. The van der Waals surface area contributed by atoms with Gasteiger partial charge >= 0.3 is 5.97 Å². The molecule has 4 rings (SSSR count). The molecule has 0 radical (unpaired) electrons. The van der Waals surface area contributed by atoms with Gasteiger partial charge in [-0.05, 0) is 66.3 Å². The number of rotatable bonds is 8. The van der Waals surface area contributed by atoms with Crippen LogP contribution in [-0.2, 0) is 9.53 Å². The summed E-state index contributed by atoms with van der Waals surface area (Å²) in [5.74, 6) is -0.188. The van der Waals surface area contributed by atoms with Gasteiger partial charge in [0.25, 0.3) is 0 Å². The van der Waals surface area contributed by atoms with Gasteiger partial charge in [-0.1, -0.05) is 98.8 Å². The first-order chi connectivity index (χ1) is 16.9. The van der Waals surface area contributed by atoms with E-state index < -0.39 is 6.04 Å². The maximum Gasteiger partial charge on any atom is 0.329 e. The Morgan fingerprint density at radius 3 is 1.43 bits per heavy atom. The zero-order chi connectivity index (χ0) is 24.8. The molecule has 0 saturated carbocycles. The smallest absolute Gasteiger partial charge is 0.329 e. The van der Waals surface area contributed by atoms with Crippen LogP contribution >= 0.6 is 0 Å². The summed E-state index contributed by atoms with van der Waals surface area (Å²) in [6, 6.07) is 36.9. The Hall–Kier alpha value is -3.85. The predicted molar refractivity (Wildman–Crippen MR) is 146 cm³/mol. The number of carbonyl (C=O) groups is 1. The molecule has 3 heteroatoms. The molecule has 0 heterocycles. The monoisotopic (exact) mass is 463 g/mol. The molecule has 0 aliphatic heterocycles. The second-order valence-corrected chi connectivity index (χ2v) is 9.38. The van der Waals surface area contributed by atoms with Crippen molar-refractivity contribution in [2.24, 2.45) is 5.92 Å². The first-order valence-electron chi connectivity index (χ1n) is 12.2. The molecule has 1 unspecified atom stereocenters. The molecule has 3 nitrogen and oxygen atoms in total. The highest BCUT2D eigenvalue weighted by Crippen LogP contribution is 2.36. The van der Waals surface area contributed by atoms with E-state index in [-0.39, 0.29) is 18.0 Å². The second-order valence-electron chi connectivity index (χ2n) is 9.38. The number of carbonyl (C=O) groups excluding carboxylic acids is 1. The zero-order valence-corrected chi connectivity index (χ0v) is 20.9. The number of nitrogens with zero attached hydrogens (tertiary/aromatic N) is 1. The van der Waals surface area contributed by atoms with Gasteiger partial charge in [0.05, 0.1) is 6.10 Å². The van der Waals surface area contributed by atoms with Gasteiger partial charge in [0.2, 0.25) is 0 Å². The topological polar surface area (TPSA) is 29.5 Å². The van der Waals surface area contributed by atoms with Crippen molar-refractivity contribution in [2.45, 2.75) is 39.8 Å². The van der Waals surface area contributed by atoms with E-state index in [2.05, 4.69) is 91.5 Å². The average Bonchev–Trinajstić information content (AvgIpc) is 2.87. The van der Waals surface area contributed by atoms with E-state index in [0.717, 1.165) is 33.6 Å². The molecule has 1 atom stereocenters. The van der Waals surface area contributed by atoms with E-state index in [0.29, 0.717) is 0 Å². The van der Waals surface area contributed by atoms with Crippen LogP contribution in [0.2, 0.25) is 0 Å². The van der Waals surface area contributed by atoms with E-state index in [4.69, 9.17) is 4.74 Å². The van der Waals surface area contributed by atoms with E-state index in [1.54, 1.807) is 0 Å². The van der Waals surface area contributed by atoms with Crippen molar-refractivity contribution < 1.29 is 9.53 Å². The quantitative estimate of drug-likeness (QED) is 0.247. The Bertz CT molecular complexity index is 1170. The molecule has 4 aromatic rings. The van der Waals surface area contributed by atoms with Gasteiger partial charge in [0, 0.05) is 11.4 Å². The van der Waals surface area contributed by atoms with Crippen molar-refractivity contribution in [1.82, 2.24) is 0 Å². The van der Waals surface area contributed by atoms with Crippen LogP contribution in [0.5, 0.6) is 0 Å². The van der Waals surface area contributed by atoms with E-state index in [1.807, 2.05) is 50.2 Å². The lowest BCUT2D eigenvalue weighted by atomic mass is 9.98. The minimum atomic E-state index is -0.477. The largest absolute Gasteiger partial charge is 0.461 e. The highest BCUT2D eigenvalue weighted by molar-refractivity contribution is 5.86. The normalized spacial score (nSPS) is 11.9. The lowest BCUT2D eigenvalue weighted by Gasteiger charge is -2.35. The Labute approximate surface area is 209 Å². The molecule has 0 amide bonds. The highest BCUT2D eigenvalue weighted by Gasteiger charge is 2.33. The van der Waals surface area contributed by atoms with Crippen LogP contribution in [0, 0.1) is 5.92 Å². The third-order valence-corrected chi connectivity index (χ3v) is 5.97. The van der Waals surface area contributed by atoms with Gasteiger partial charge in [-0.3, -0.25) is 0 Å². The molecule has 0 spiro atoms. The van der Waals surface area contributed by atoms with E-state index in [9.17, 15) is 4.79 Å². The Morgan fingerprint density at radius 1 is 0.600 bits per heavy atom. The molecular formula is C32H33NO2. The third kappa shape index (κ3) is 5.81. The van der Waals surface area contributed by atoms with Crippen molar-refractivity contribution in [3.05, 3.63) is 109 Å². The predicted octanol–water partition coefficient (Wildman–Crippen LogP) is 8.13. The Balaban J connectivity index is 1.86. The van der Waals surface area contributed by atoms with Crippen LogP contribution in [0.4, 0.5) is 11.4 Å². The Kier molecular flexibility index (Phi) is 7.67. The molecule has 0 saturated heterocycles. The summed E-state index contributed by atoms with van der Waals surface area (Å²) in [5, 5.41) is 0. The van der Waals surface area contributed by atoms with Crippen LogP contribution in [0.1, 0.15) is 27.7 Å². The number of benzene rings is 4. The van der Waals surface area contributed by atoms with E-state index in [1.165, 1.54) is 0 Å². The average molecular weight is 464 g/mol. The van der Waals surface area contributed by atoms with Crippen molar-refractivity contribution >= 4 is 17.3 Å². The summed E-state index contributed by atoms with van der Waals surface area (Å²) < 4.78 is 5.75. The van der Waals surface area contributed by atoms with E-state index >= 15 is 0 Å². The van der Waals surface area contributed by atoms with Crippen molar-refractivity contribution in [3.8, 4) is 22.3 Å². The van der Waals surface area contributed by atoms with Gasteiger partial charge in [0.1, 0.15) is 6.04 Å². The summed E-state index contributed by atoms with van der Waals surface area (Å²) >= 11 is 0. The fourth-order valence-electron chi connectivity index (χ4n) is 4.38. The van der Waals surface area contributed by atoms with Crippen LogP contribution in [-0.4, -0.2) is 18.1 Å². The Morgan fingerprint density at radius 2 is 1.03 bits per heavy atom. The van der Waals surface area contributed by atoms with Crippen molar-refractivity contribution in [3.63, 3.8) is 0 Å². The SMILES string of the molecule is CC(C)OC(=O)C(C(C)C)N(c1cccc(-c2ccccc2)c1)c1cccc(-c2ccccc2)c1. The first kappa shape index (κ1) is 24.3. The van der Waals surface area contributed by atoms with Crippen LogP contribution in [0.15, 0.2) is 109 Å². The summed E-state index contributed by atoms with van der Waals surface area (Å²) in [4.78, 5) is 15.6. The molecule has 0 aliphatic carbocycles. The van der Waals surface area contributed by atoms with Gasteiger partial charge in [-0.2, -0.15) is 0 Å². The molecule has 178 valence electrons. The molecule has 0 fully saturated rings. The van der Waals surface area contributed by atoms with Crippen LogP contribution in [0.25, 0.3) is 22.3 Å². The molecule has 0 aromatic heterocycles. The van der Waals surface area contributed by atoms with Crippen molar-refractivity contribution in [1.29, 1.82) is 0 Å². The fourth-order valence-corrected chi connectivity index (χ4v) is 4.38. The van der Waals surface area contributed by atoms with Gasteiger partial charge in [0.15, 0.2) is 0 Å². The fraction of sp³-hybridized carbons (Fsp3) is 0.219. The first-order valence-corrected chi connectivity index (χ1v) is 12.2. The van der Waals surface area contributed by atoms with Crippen LogP contribution < -0.4 is 4.90 Å². The van der Waals surface area contributed by atoms with Crippen LogP contribution in [0.3, 0.4) is 0 Å². The molecule has 0 aliphatic rings. The summed E-state index contributed by atoms with van der Waals surface area (Å²) in [5.41, 5.74) is 6.39. The highest BCUT2D eigenvalue weighted by atomic mass is 16.5. The minimum absolute atomic E-state index is 0.0296. The number of hydrogen-bond acceptors (Lipinski definition) is 3. The number of esters is 1. The van der Waals surface area contributed by atoms with Gasteiger partial charge in [-0.25, -0.2) is 4.79 Å².